The Morgan fingerprint density at radius 3 is 2.73 bits per heavy atom. The molecule has 0 aliphatic rings. The fourth-order valence-corrected chi connectivity index (χ4v) is 0.684. The van der Waals surface area contributed by atoms with E-state index in [4.69, 9.17) is 9.94 Å². The summed E-state index contributed by atoms with van der Waals surface area (Å²) in [6.45, 7) is 0.292. The molecule has 0 spiro atoms. The third-order valence-electron chi connectivity index (χ3n) is 1.15. The summed E-state index contributed by atoms with van der Waals surface area (Å²) >= 11 is 0. The van der Waals surface area contributed by atoms with E-state index >= 15 is 0 Å². The Kier molecular flexibility index (Phi) is 2.99. The minimum absolute atomic E-state index is 0.292. The van der Waals surface area contributed by atoms with Crippen molar-refractivity contribution in [1.29, 1.82) is 0 Å². The first-order valence-electron chi connectivity index (χ1n) is 3.27. The highest BCUT2D eigenvalue weighted by Gasteiger charge is 1.86. The van der Waals surface area contributed by atoms with E-state index in [0.717, 1.165) is 5.75 Å². The average Bonchev–Trinajstić information content (AvgIpc) is 2.07. The van der Waals surface area contributed by atoms with E-state index in [0.29, 0.717) is 6.61 Å². The van der Waals surface area contributed by atoms with Crippen molar-refractivity contribution in [2.45, 2.75) is 0 Å². The van der Waals surface area contributed by atoms with Gasteiger partial charge in [0, 0.05) is 0 Å². The van der Waals surface area contributed by atoms with Crippen LogP contribution in [-0.4, -0.2) is 18.0 Å². The Morgan fingerprint density at radius 2 is 2.09 bits per heavy atom. The van der Waals surface area contributed by atoms with Gasteiger partial charge in [0.05, 0.1) is 6.21 Å². The van der Waals surface area contributed by atoms with Gasteiger partial charge >= 0.3 is 0 Å². The summed E-state index contributed by atoms with van der Waals surface area (Å²) in [6.07, 6.45) is 1.28. The molecule has 0 fully saturated rings. The third kappa shape index (κ3) is 2.71. The van der Waals surface area contributed by atoms with Crippen LogP contribution < -0.4 is 4.74 Å². The molecular weight excluding hydrogens is 142 g/mol. The molecule has 0 aromatic heterocycles. The first-order valence-corrected chi connectivity index (χ1v) is 3.27. The van der Waals surface area contributed by atoms with Crippen LogP contribution in [0, 0.1) is 0 Å². The zero-order valence-electron chi connectivity index (χ0n) is 5.97. The van der Waals surface area contributed by atoms with E-state index in [1.807, 2.05) is 30.3 Å². The average molecular weight is 151 g/mol. The number of rotatable bonds is 3. The van der Waals surface area contributed by atoms with E-state index < -0.39 is 0 Å². The molecular formula is C8H9NO2. The first-order chi connectivity index (χ1) is 5.43. The molecule has 58 valence electrons. The van der Waals surface area contributed by atoms with Crippen LogP contribution in [0.2, 0.25) is 0 Å². The second-order valence-corrected chi connectivity index (χ2v) is 1.92. The van der Waals surface area contributed by atoms with Gasteiger partial charge in [-0.05, 0) is 12.1 Å². The molecule has 11 heavy (non-hydrogen) atoms. The summed E-state index contributed by atoms with van der Waals surface area (Å²) in [7, 11) is 0. The first kappa shape index (κ1) is 7.60. The zero-order valence-corrected chi connectivity index (χ0v) is 5.97. The minimum Gasteiger partial charge on any atom is -0.488 e. The second-order valence-electron chi connectivity index (χ2n) is 1.92. The molecule has 1 rings (SSSR count). The summed E-state index contributed by atoms with van der Waals surface area (Å²) in [5.41, 5.74) is 0. The number of benzene rings is 1. The Labute approximate surface area is 64.9 Å². The van der Waals surface area contributed by atoms with Crippen LogP contribution in [-0.2, 0) is 0 Å². The lowest BCUT2D eigenvalue weighted by Crippen LogP contribution is -1.97. The van der Waals surface area contributed by atoms with Crippen molar-refractivity contribution >= 4 is 6.21 Å². The molecule has 0 radical (unpaired) electrons. The lowest BCUT2D eigenvalue weighted by atomic mass is 10.3. The molecule has 1 aromatic carbocycles. The van der Waals surface area contributed by atoms with Crippen molar-refractivity contribution in [2.75, 3.05) is 6.61 Å². The highest BCUT2D eigenvalue weighted by atomic mass is 16.5. The highest BCUT2D eigenvalue weighted by Crippen LogP contribution is 2.06. The standard InChI is InChI=1S/C8H9NO2/c10-9-6-7-11-8-4-2-1-3-5-8/h1-6,10H,7H2. The molecule has 0 saturated carbocycles. The quantitative estimate of drug-likeness (QED) is 0.404. The number of oxime groups is 1. The van der Waals surface area contributed by atoms with Crippen molar-refractivity contribution in [2.24, 2.45) is 5.16 Å². The van der Waals surface area contributed by atoms with Crippen LogP contribution in [0.25, 0.3) is 0 Å². The maximum absolute atomic E-state index is 8.03. The van der Waals surface area contributed by atoms with Gasteiger partial charge in [0.2, 0.25) is 0 Å². The van der Waals surface area contributed by atoms with Crippen LogP contribution in [0.1, 0.15) is 0 Å². The molecule has 3 nitrogen and oxygen atoms in total. The van der Waals surface area contributed by atoms with Gasteiger partial charge in [-0.25, -0.2) is 0 Å². The number of ether oxygens (including phenoxy) is 1. The van der Waals surface area contributed by atoms with Gasteiger partial charge in [0.15, 0.2) is 0 Å². The molecule has 0 saturated heterocycles. The van der Waals surface area contributed by atoms with Crippen molar-refractivity contribution in [3.05, 3.63) is 30.3 Å². The molecule has 1 aromatic rings. The lowest BCUT2D eigenvalue weighted by Gasteiger charge is -1.99. The lowest BCUT2D eigenvalue weighted by molar-refractivity contribution is 0.312. The monoisotopic (exact) mass is 151 g/mol. The molecule has 0 amide bonds. The summed E-state index contributed by atoms with van der Waals surface area (Å²) in [5, 5.41) is 10.8. The van der Waals surface area contributed by atoms with Crippen molar-refractivity contribution in [3.8, 4) is 5.75 Å². The summed E-state index contributed by atoms with van der Waals surface area (Å²) in [6, 6.07) is 9.35. The highest BCUT2D eigenvalue weighted by molar-refractivity contribution is 5.57. The number of nitrogens with zero attached hydrogens (tertiary/aromatic N) is 1. The number of hydrogen-bond acceptors (Lipinski definition) is 3. The minimum atomic E-state index is 0.292. The normalized spacial score (nSPS) is 10.2. The Balaban J connectivity index is 2.39. The van der Waals surface area contributed by atoms with Gasteiger partial charge in [0.1, 0.15) is 12.4 Å². The van der Waals surface area contributed by atoms with Crippen LogP contribution in [0.15, 0.2) is 35.5 Å². The molecule has 0 aliphatic carbocycles. The van der Waals surface area contributed by atoms with Crippen LogP contribution in [0.3, 0.4) is 0 Å². The fourth-order valence-electron chi connectivity index (χ4n) is 0.684. The van der Waals surface area contributed by atoms with Crippen molar-refractivity contribution in [3.63, 3.8) is 0 Å². The Bertz CT molecular complexity index is 221. The van der Waals surface area contributed by atoms with Gasteiger partial charge < -0.3 is 9.94 Å². The Hall–Kier alpha value is -1.51. The van der Waals surface area contributed by atoms with E-state index in [1.165, 1.54) is 6.21 Å². The maximum atomic E-state index is 8.03. The topological polar surface area (TPSA) is 41.8 Å². The molecule has 0 unspecified atom stereocenters. The smallest absolute Gasteiger partial charge is 0.127 e. The van der Waals surface area contributed by atoms with Crippen molar-refractivity contribution < 1.29 is 9.94 Å². The third-order valence-corrected chi connectivity index (χ3v) is 1.15. The SMILES string of the molecule is ON=CCOc1ccccc1. The van der Waals surface area contributed by atoms with Gasteiger partial charge in [-0.2, -0.15) is 0 Å². The second kappa shape index (κ2) is 4.33. The predicted octanol–water partition coefficient (Wildman–Crippen LogP) is 1.53. The largest absolute Gasteiger partial charge is 0.488 e. The summed E-state index contributed by atoms with van der Waals surface area (Å²) in [5.74, 6) is 0.771. The number of para-hydroxylation sites is 1. The molecule has 3 heteroatoms. The van der Waals surface area contributed by atoms with Crippen LogP contribution >= 0.6 is 0 Å². The van der Waals surface area contributed by atoms with E-state index in [1.54, 1.807) is 0 Å². The van der Waals surface area contributed by atoms with Gasteiger partial charge in [-0.3, -0.25) is 0 Å². The predicted molar refractivity (Wildman–Crippen MR) is 42.2 cm³/mol. The molecule has 0 atom stereocenters. The number of hydrogen-bond donors (Lipinski definition) is 1. The van der Waals surface area contributed by atoms with E-state index in [2.05, 4.69) is 5.16 Å². The van der Waals surface area contributed by atoms with Gasteiger partial charge in [-0.1, -0.05) is 23.4 Å². The van der Waals surface area contributed by atoms with E-state index in [9.17, 15) is 0 Å². The molecule has 0 bridgehead atoms. The van der Waals surface area contributed by atoms with Gasteiger partial charge in [0.25, 0.3) is 0 Å². The molecule has 1 N–H and O–H groups in total. The van der Waals surface area contributed by atoms with E-state index in [-0.39, 0.29) is 0 Å². The fraction of sp³-hybridized carbons (Fsp3) is 0.125. The zero-order chi connectivity index (χ0) is 7.94. The van der Waals surface area contributed by atoms with Crippen LogP contribution in [0.5, 0.6) is 5.75 Å². The summed E-state index contributed by atoms with van der Waals surface area (Å²) in [4.78, 5) is 0. The maximum Gasteiger partial charge on any atom is 0.127 e. The molecule has 0 heterocycles. The van der Waals surface area contributed by atoms with Gasteiger partial charge in [-0.15, -0.1) is 0 Å². The van der Waals surface area contributed by atoms with Crippen molar-refractivity contribution in [1.82, 2.24) is 0 Å². The van der Waals surface area contributed by atoms with Crippen LogP contribution in [0.4, 0.5) is 0 Å². The molecule has 0 aliphatic heterocycles. The Morgan fingerprint density at radius 1 is 1.36 bits per heavy atom. The summed E-state index contributed by atoms with van der Waals surface area (Å²) < 4.78 is 5.14.